The molecule has 0 aromatic rings. The normalized spacial score (nSPS) is 23.9. The van der Waals surface area contributed by atoms with Crippen LogP contribution in [-0.2, 0) is 4.79 Å². The predicted octanol–water partition coefficient (Wildman–Crippen LogP) is -0.355. The third-order valence-corrected chi connectivity index (χ3v) is 3.56. The number of amides is 3. The maximum Gasteiger partial charge on any atom is 0.318 e. The van der Waals surface area contributed by atoms with Crippen molar-refractivity contribution in [2.24, 2.45) is 11.7 Å². The van der Waals surface area contributed by atoms with E-state index in [1.54, 1.807) is 0 Å². The van der Waals surface area contributed by atoms with Crippen LogP contribution in [0.4, 0.5) is 4.79 Å². The van der Waals surface area contributed by atoms with Gasteiger partial charge in [-0.25, -0.2) is 4.79 Å². The van der Waals surface area contributed by atoms with Crippen LogP contribution in [0.15, 0.2) is 0 Å². The van der Waals surface area contributed by atoms with E-state index in [4.69, 9.17) is 5.73 Å². The molecule has 102 valence electrons. The summed E-state index contributed by atoms with van der Waals surface area (Å²) >= 11 is 0. The van der Waals surface area contributed by atoms with Crippen LogP contribution < -0.4 is 16.4 Å². The lowest BCUT2D eigenvalue weighted by Gasteiger charge is -2.29. The van der Waals surface area contributed by atoms with Crippen LogP contribution in [-0.4, -0.2) is 49.1 Å². The minimum atomic E-state index is -0.768. The van der Waals surface area contributed by atoms with E-state index in [9.17, 15) is 9.59 Å². The number of hydrogen-bond acceptors (Lipinski definition) is 4. The summed E-state index contributed by atoms with van der Waals surface area (Å²) in [6.07, 6.45) is 4.73. The zero-order valence-electron chi connectivity index (χ0n) is 10.7. The summed E-state index contributed by atoms with van der Waals surface area (Å²) < 4.78 is 0. The molecule has 3 amide bonds. The molecular weight excluding hydrogens is 232 g/mol. The van der Waals surface area contributed by atoms with E-state index in [-0.39, 0.29) is 12.5 Å². The third-order valence-electron chi connectivity index (χ3n) is 3.56. The monoisotopic (exact) mass is 254 g/mol. The molecule has 1 unspecified atom stereocenters. The Balaban J connectivity index is 1.79. The molecule has 2 rings (SSSR count). The van der Waals surface area contributed by atoms with Gasteiger partial charge in [-0.2, -0.15) is 0 Å². The highest BCUT2D eigenvalue weighted by Crippen LogP contribution is 2.28. The highest BCUT2D eigenvalue weighted by atomic mass is 16.2. The number of nitrogens with zero attached hydrogens (tertiary/aromatic N) is 1. The number of urea groups is 1. The predicted molar refractivity (Wildman–Crippen MR) is 67.9 cm³/mol. The van der Waals surface area contributed by atoms with Gasteiger partial charge in [0.15, 0.2) is 0 Å². The van der Waals surface area contributed by atoms with E-state index in [2.05, 4.69) is 15.5 Å². The lowest BCUT2D eigenvalue weighted by Crippen LogP contribution is -2.46. The summed E-state index contributed by atoms with van der Waals surface area (Å²) in [7, 11) is 0. The van der Waals surface area contributed by atoms with Gasteiger partial charge in [0.05, 0.1) is 6.54 Å². The summed E-state index contributed by atoms with van der Waals surface area (Å²) in [5, 5.41) is 5.52. The second-order valence-corrected chi connectivity index (χ2v) is 5.29. The van der Waals surface area contributed by atoms with Crippen molar-refractivity contribution >= 4 is 11.9 Å². The van der Waals surface area contributed by atoms with E-state index in [0.717, 1.165) is 32.5 Å². The van der Waals surface area contributed by atoms with Crippen LogP contribution in [0.25, 0.3) is 0 Å². The van der Waals surface area contributed by atoms with Gasteiger partial charge in [0, 0.05) is 12.6 Å². The quantitative estimate of drug-likeness (QED) is 0.625. The summed E-state index contributed by atoms with van der Waals surface area (Å²) in [6.45, 7) is 3.34. The summed E-state index contributed by atoms with van der Waals surface area (Å²) in [6, 6.07) is -0.249. The van der Waals surface area contributed by atoms with E-state index in [0.29, 0.717) is 12.0 Å². The summed E-state index contributed by atoms with van der Waals surface area (Å²) in [5.41, 5.74) is 4.95. The Morgan fingerprint density at radius 2 is 2.11 bits per heavy atom. The van der Waals surface area contributed by atoms with Crippen molar-refractivity contribution in [3.63, 3.8) is 0 Å². The molecule has 1 atom stereocenters. The van der Waals surface area contributed by atoms with Crippen molar-refractivity contribution in [2.75, 3.05) is 26.2 Å². The van der Waals surface area contributed by atoms with Gasteiger partial charge in [-0.1, -0.05) is 0 Å². The van der Waals surface area contributed by atoms with E-state index < -0.39 is 6.03 Å². The number of primary amides is 1. The van der Waals surface area contributed by atoms with Crippen LogP contribution >= 0.6 is 0 Å². The number of nitrogens with one attached hydrogen (secondary N) is 2. The van der Waals surface area contributed by atoms with Crippen molar-refractivity contribution in [1.29, 1.82) is 0 Å². The van der Waals surface area contributed by atoms with Gasteiger partial charge in [0.25, 0.3) is 0 Å². The van der Waals surface area contributed by atoms with Crippen molar-refractivity contribution < 1.29 is 9.59 Å². The Labute approximate surface area is 107 Å². The summed E-state index contributed by atoms with van der Waals surface area (Å²) in [5.74, 6) is 0.318. The second-order valence-electron chi connectivity index (χ2n) is 5.29. The zero-order valence-corrected chi connectivity index (χ0v) is 10.7. The average Bonchev–Trinajstić information content (AvgIpc) is 3.12. The van der Waals surface area contributed by atoms with Crippen molar-refractivity contribution in [3.8, 4) is 0 Å². The van der Waals surface area contributed by atoms with Crippen molar-refractivity contribution in [2.45, 2.75) is 31.7 Å². The van der Waals surface area contributed by atoms with Gasteiger partial charge in [-0.15, -0.1) is 0 Å². The molecule has 1 saturated carbocycles. The first-order chi connectivity index (χ1) is 8.65. The topological polar surface area (TPSA) is 87.5 Å². The number of rotatable bonds is 5. The van der Waals surface area contributed by atoms with E-state index in [1.165, 1.54) is 12.8 Å². The molecule has 0 aromatic carbocycles. The Bertz CT molecular complexity index is 311. The number of hydrogen-bond donors (Lipinski definition) is 3. The first-order valence-corrected chi connectivity index (χ1v) is 6.69. The fourth-order valence-corrected chi connectivity index (χ4v) is 2.56. The molecule has 1 aliphatic carbocycles. The first kappa shape index (κ1) is 13.3. The van der Waals surface area contributed by atoms with E-state index >= 15 is 0 Å². The van der Waals surface area contributed by atoms with Gasteiger partial charge in [0.1, 0.15) is 0 Å². The number of imide groups is 1. The lowest BCUT2D eigenvalue weighted by atomic mass is 9.99. The fourth-order valence-electron chi connectivity index (χ4n) is 2.56. The standard InChI is InChI=1S/C12H22N4O2/c13-12(18)15-11(17)8-16(10-3-4-10)7-9-2-1-5-14-6-9/h9-10,14H,1-8H2,(H3,13,15,17,18). The Hall–Kier alpha value is -1.14. The SMILES string of the molecule is NC(=O)NC(=O)CN(CC1CCCNC1)C1CC1. The van der Waals surface area contributed by atoms with Crippen molar-refractivity contribution in [1.82, 2.24) is 15.5 Å². The van der Waals surface area contributed by atoms with Crippen LogP contribution in [0.2, 0.25) is 0 Å². The van der Waals surface area contributed by atoms with E-state index in [1.807, 2.05) is 0 Å². The molecule has 0 bridgehead atoms. The molecular formula is C12H22N4O2. The minimum Gasteiger partial charge on any atom is -0.351 e. The molecule has 0 radical (unpaired) electrons. The van der Waals surface area contributed by atoms with Crippen molar-refractivity contribution in [3.05, 3.63) is 0 Å². The van der Waals surface area contributed by atoms with Gasteiger partial charge in [-0.3, -0.25) is 15.0 Å². The van der Waals surface area contributed by atoms with Crippen LogP contribution in [0.1, 0.15) is 25.7 Å². The molecule has 18 heavy (non-hydrogen) atoms. The highest BCUT2D eigenvalue weighted by molar-refractivity contribution is 5.94. The molecule has 6 heteroatoms. The molecule has 1 heterocycles. The van der Waals surface area contributed by atoms with Gasteiger partial charge in [0.2, 0.25) is 5.91 Å². The highest BCUT2D eigenvalue weighted by Gasteiger charge is 2.32. The zero-order chi connectivity index (χ0) is 13.0. The van der Waals surface area contributed by atoms with Crippen LogP contribution in [0, 0.1) is 5.92 Å². The fraction of sp³-hybridized carbons (Fsp3) is 0.833. The maximum atomic E-state index is 11.6. The van der Waals surface area contributed by atoms with Crippen LogP contribution in [0.3, 0.4) is 0 Å². The molecule has 2 aliphatic rings. The molecule has 0 spiro atoms. The average molecular weight is 254 g/mol. The molecule has 1 aliphatic heterocycles. The third kappa shape index (κ3) is 4.27. The maximum absolute atomic E-state index is 11.6. The first-order valence-electron chi connectivity index (χ1n) is 6.69. The lowest BCUT2D eigenvalue weighted by molar-refractivity contribution is -0.121. The molecule has 1 saturated heterocycles. The largest absolute Gasteiger partial charge is 0.351 e. The second kappa shape index (κ2) is 6.15. The Kier molecular flexibility index (Phi) is 4.54. The molecule has 6 nitrogen and oxygen atoms in total. The number of carbonyl (C=O) groups excluding carboxylic acids is 2. The number of carbonyl (C=O) groups is 2. The molecule has 4 N–H and O–H groups in total. The number of piperidine rings is 1. The van der Waals surface area contributed by atoms with Gasteiger partial charge < -0.3 is 11.1 Å². The van der Waals surface area contributed by atoms with Gasteiger partial charge in [-0.05, 0) is 44.7 Å². The number of nitrogens with two attached hydrogens (primary N) is 1. The van der Waals surface area contributed by atoms with Gasteiger partial charge >= 0.3 is 6.03 Å². The molecule has 0 aromatic heterocycles. The molecule has 2 fully saturated rings. The Morgan fingerprint density at radius 3 is 2.67 bits per heavy atom. The van der Waals surface area contributed by atoms with Crippen LogP contribution in [0.5, 0.6) is 0 Å². The smallest absolute Gasteiger partial charge is 0.318 e. The Morgan fingerprint density at radius 1 is 1.33 bits per heavy atom. The summed E-state index contributed by atoms with van der Waals surface area (Å²) in [4.78, 5) is 24.4. The minimum absolute atomic E-state index is 0.282.